The number of nitrogens with one attached hydrogen (secondary N) is 2. The van der Waals surface area contributed by atoms with Crippen LogP contribution in [0.1, 0.15) is 124 Å². The average molecular weight is 843 g/mol. The van der Waals surface area contributed by atoms with Crippen molar-refractivity contribution in [3.8, 4) is 22.5 Å². The highest BCUT2D eigenvalue weighted by atomic mass is 15.1. The molecule has 2 aliphatic rings. The molecule has 4 aromatic carbocycles. The van der Waals surface area contributed by atoms with Crippen LogP contribution in [0.2, 0.25) is 0 Å². The van der Waals surface area contributed by atoms with Gasteiger partial charge in [0, 0.05) is 22.3 Å². The van der Waals surface area contributed by atoms with Crippen molar-refractivity contribution in [2.45, 2.75) is 105 Å². The van der Waals surface area contributed by atoms with E-state index < -0.39 is 0 Å². The fourth-order valence-corrected chi connectivity index (χ4v) is 8.41. The van der Waals surface area contributed by atoms with E-state index >= 15 is 0 Å². The van der Waals surface area contributed by atoms with E-state index in [-0.39, 0.29) is 0 Å². The molecule has 322 valence electrons. The highest BCUT2D eigenvalue weighted by Crippen LogP contribution is 2.32. The van der Waals surface area contributed by atoms with Crippen LogP contribution in [0.25, 0.3) is 44.8 Å². The quantitative estimate of drug-likeness (QED) is 0.101. The number of hydrogen-bond donors (Lipinski definition) is 2. The van der Waals surface area contributed by atoms with E-state index in [2.05, 4.69) is 147 Å². The molecule has 0 aliphatic carbocycles. The lowest BCUT2D eigenvalue weighted by Gasteiger charge is -2.04. The summed E-state index contributed by atoms with van der Waals surface area (Å²) in [5, 5.41) is 0. The third kappa shape index (κ3) is 9.42. The van der Waals surface area contributed by atoms with Gasteiger partial charge in [-0.1, -0.05) is 150 Å². The number of fused-ring (bicyclic) bond motifs is 10. The molecule has 2 aliphatic heterocycles. The molecule has 0 atom stereocenters. The molecule has 0 saturated carbocycles. The first-order chi connectivity index (χ1) is 31.5. The lowest BCUT2D eigenvalue weighted by atomic mass is 10.0. The van der Waals surface area contributed by atoms with Gasteiger partial charge in [0.2, 0.25) is 0 Å². The van der Waals surface area contributed by atoms with Gasteiger partial charge in [0.25, 0.3) is 0 Å². The molecular formula is C56H58N8. The summed E-state index contributed by atoms with van der Waals surface area (Å²) in [6.45, 7) is 8.92. The molecule has 0 fully saturated rings. The second-order valence-electron chi connectivity index (χ2n) is 17.1. The van der Waals surface area contributed by atoms with Crippen LogP contribution >= 0.6 is 0 Å². The van der Waals surface area contributed by atoms with Crippen LogP contribution in [0, 0.1) is 0 Å². The summed E-state index contributed by atoms with van der Waals surface area (Å²) >= 11 is 0. The predicted octanol–water partition coefficient (Wildman–Crippen LogP) is 14.1. The van der Waals surface area contributed by atoms with Crippen LogP contribution in [0.15, 0.2) is 131 Å². The van der Waals surface area contributed by atoms with Crippen molar-refractivity contribution < 1.29 is 0 Å². The Morgan fingerprint density at radius 2 is 0.656 bits per heavy atom. The Labute approximate surface area is 377 Å². The molecule has 8 heteroatoms. The fourth-order valence-electron chi connectivity index (χ4n) is 8.41. The van der Waals surface area contributed by atoms with Crippen LogP contribution in [0.4, 0.5) is 11.6 Å². The normalized spacial score (nSPS) is 12.4. The first-order valence-corrected chi connectivity index (χ1v) is 23.5. The first kappa shape index (κ1) is 42.5. The van der Waals surface area contributed by atoms with E-state index in [9.17, 15) is 0 Å². The largest absolute Gasteiger partial charge is 0.335 e. The van der Waals surface area contributed by atoms with Crippen LogP contribution in [-0.2, 0) is 25.7 Å². The van der Waals surface area contributed by atoms with Gasteiger partial charge < -0.3 is 9.97 Å². The van der Waals surface area contributed by atoms with Gasteiger partial charge in [0.05, 0.1) is 45.2 Å². The topological polar surface area (TPSA) is 108 Å². The van der Waals surface area contributed by atoms with E-state index in [0.29, 0.717) is 22.9 Å². The third-order valence-corrected chi connectivity index (χ3v) is 12.3. The van der Waals surface area contributed by atoms with Crippen molar-refractivity contribution in [2.75, 3.05) is 0 Å². The number of aromatic nitrogens is 6. The van der Waals surface area contributed by atoms with Gasteiger partial charge in [-0.3, -0.25) is 0 Å². The maximum atomic E-state index is 5.25. The maximum absolute atomic E-state index is 5.25. The van der Waals surface area contributed by atoms with Crippen LogP contribution in [0.3, 0.4) is 0 Å². The highest BCUT2D eigenvalue weighted by Gasteiger charge is 2.21. The number of rotatable bonds is 16. The summed E-state index contributed by atoms with van der Waals surface area (Å²) in [6.07, 6.45) is 13.5. The van der Waals surface area contributed by atoms with E-state index in [1.54, 1.807) is 0 Å². The molecule has 5 heterocycles. The average Bonchev–Trinajstić information content (AvgIpc) is 4.16. The SMILES string of the molecule is CCCCc1ccc(C2=Nc3nc2ccc2[nH]c(nc2-c2ccc(CCCC)cc2)c2nc(ccc4[nH]c3nc4-c3ccc(CCCC)cc3)C(c3ccc(CCCC)cc3)=N2)cc1. The summed E-state index contributed by atoms with van der Waals surface area (Å²) < 4.78 is 0. The lowest BCUT2D eigenvalue weighted by Crippen LogP contribution is -2.00. The van der Waals surface area contributed by atoms with E-state index in [1.165, 1.54) is 22.3 Å². The molecule has 2 N–H and O–H groups in total. The molecule has 8 bridgehead atoms. The molecule has 0 saturated heterocycles. The number of aromatic amines is 2. The third-order valence-electron chi connectivity index (χ3n) is 12.3. The van der Waals surface area contributed by atoms with Gasteiger partial charge >= 0.3 is 0 Å². The van der Waals surface area contributed by atoms with E-state index in [4.69, 9.17) is 29.9 Å². The molecule has 0 spiro atoms. The molecule has 3 aromatic heterocycles. The monoisotopic (exact) mass is 842 g/mol. The summed E-state index contributed by atoms with van der Waals surface area (Å²) in [5.41, 5.74) is 16.9. The number of imidazole rings is 2. The number of unbranched alkanes of at least 4 members (excludes halogenated alkanes) is 4. The van der Waals surface area contributed by atoms with Crippen molar-refractivity contribution in [2.24, 2.45) is 9.98 Å². The Bertz CT molecular complexity index is 2750. The van der Waals surface area contributed by atoms with E-state index in [1.807, 2.05) is 12.1 Å². The summed E-state index contributed by atoms with van der Waals surface area (Å²) in [7, 11) is 0. The number of benzene rings is 4. The highest BCUT2D eigenvalue weighted by molar-refractivity contribution is 6.16. The van der Waals surface area contributed by atoms with Crippen molar-refractivity contribution in [3.05, 3.63) is 166 Å². The molecule has 7 aromatic rings. The van der Waals surface area contributed by atoms with Gasteiger partial charge in [0.1, 0.15) is 0 Å². The molecular weight excluding hydrogens is 785 g/mol. The lowest BCUT2D eigenvalue weighted by molar-refractivity contribution is 0.795. The summed E-state index contributed by atoms with van der Waals surface area (Å²) in [4.78, 5) is 38.6. The van der Waals surface area contributed by atoms with Gasteiger partial charge in [-0.05, 0) is 97.9 Å². The Morgan fingerprint density at radius 3 is 0.969 bits per heavy atom. The zero-order valence-electron chi connectivity index (χ0n) is 37.7. The summed E-state index contributed by atoms with van der Waals surface area (Å²) in [5.74, 6) is 1.06. The number of nitrogens with zero attached hydrogens (tertiary/aromatic N) is 6. The second kappa shape index (κ2) is 19.7. The van der Waals surface area contributed by atoms with Gasteiger partial charge in [-0.15, -0.1) is 0 Å². The minimum absolute atomic E-state index is 0.532. The Balaban J connectivity index is 1.26. The fraction of sp³-hybridized carbons (Fsp3) is 0.286. The predicted molar refractivity (Wildman–Crippen MR) is 265 cm³/mol. The Morgan fingerprint density at radius 1 is 0.344 bits per heavy atom. The first-order valence-electron chi connectivity index (χ1n) is 23.5. The number of H-pyrrole nitrogens is 2. The van der Waals surface area contributed by atoms with E-state index in [0.717, 1.165) is 145 Å². The van der Waals surface area contributed by atoms with Crippen LogP contribution < -0.4 is 0 Å². The summed E-state index contributed by atoms with van der Waals surface area (Å²) in [6, 6.07) is 43.3. The molecule has 64 heavy (non-hydrogen) atoms. The van der Waals surface area contributed by atoms with Gasteiger partial charge in [-0.25, -0.2) is 29.9 Å². The van der Waals surface area contributed by atoms with Crippen molar-refractivity contribution in [1.29, 1.82) is 0 Å². The van der Waals surface area contributed by atoms with Gasteiger partial charge in [0.15, 0.2) is 22.9 Å². The Kier molecular flexibility index (Phi) is 13.1. The maximum Gasteiger partial charge on any atom is 0.197 e. The Hall–Kier alpha value is -6.80. The molecule has 8 nitrogen and oxygen atoms in total. The number of aryl methyl sites for hydroxylation is 4. The van der Waals surface area contributed by atoms with Crippen LogP contribution in [-0.4, -0.2) is 41.3 Å². The van der Waals surface area contributed by atoms with Crippen molar-refractivity contribution >= 4 is 45.4 Å². The minimum atomic E-state index is 0.532. The van der Waals surface area contributed by atoms with Gasteiger partial charge in [-0.2, -0.15) is 0 Å². The second-order valence-corrected chi connectivity index (χ2v) is 17.1. The van der Waals surface area contributed by atoms with Crippen molar-refractivity contribution in [1.82, 2.24) is 29.9 Å². The number of hydrogen-bond acceptors (Lipinski definition) is 6. The molecule has 9 rings (SSSR count). The zero-order chi connectivity index (χ0) is 43.8. The zero-order valence-corrected chi connectivity index (χ0v) is 37.7. The van der Waals surface area contributed by atoms with Crippen molar-refractivity contribution in [3.63, 3.8) is 0 Å². The standard InChI is InChI=1S/C56H58N8/c1-5-9-13-37-17-25-41(26-18-37)49-45-33-34-46-50(42-27-19-38(20-28-42)14-10-6-2)63-55(59-46)56-60-48(52(64-56)44-31-23-40(24-32-44)16-12-8-4)36-35-47-51(62-54(58-47)53(57-45)61-49)43-29-21-39(22-30-43)15-11-7-3/h17-36H,5-16H2,1-4H3,(H,57,61)(H,60,64). The van der Waals surface area contributed by atoms with Crippen LogP contribution in [0.5, 0.6) is 0 Å². The molecule has 0 radical (unpaired) electrons. The molecule has 0 amide bonds. The smallest absolute Gasteiger partial charge is 0.197 e. The molecule has 0 unspecified atom stereocenters. The number of aliphatic imine (C=N–C) groups is 2. The minimum Gasteiger partial charge on any atom is -0.335 e.